The Kier molecular flexibility index (Phi) is 5.68. The number of rotatable bonds is 5. The van der Waals surface area contributed by atoms with Gasteiger partial charge < -0.3 is 14.2 Å². The smallest absolute Gasteiger partial charge is 0.162 e. The molecule has 3 rings (SSSR count). The third-order valence-corrected chi connectivity index (χ3v) is 5.10. The summed E-state index contributed by atoms with van der Waals surface area (Å²) in [6.45, 7) is 11.9. The van der Waals surface area contributed by atoms with Gasteiger partial charge in [-0.15, -0.1) is 0 Å². The molecule has 2 aromatic rings. The fourth-order valence-electron chi connectivity index (χ4n) is 3.52. The first kappa shape index (κ1) is 19.6. The third kappa shape index (κ3) is 4.40. The van der Waals surface area contributed by atoms with Crippen LogP contribution in [0.1, 0.15) is 40.9 Å². The molecule has 27 heavy (non-hydrogen) atoms. The summed E-state index contributed by atoms with van der Waals surface area (Å²) in [6, 6.07) is 9.97. The van der Waals surface area contributed by atoms with Gasteiger partial charge in [-0.05, 0) is 74.6 Å². The zero-order chi connectivity index (χ0) is 19.6. The molecule has 0 atom stereocenters. The van der Waals surface area contributed by atoms with Crippen molar-refractivity contribution in [2.45, 2.75) is 40.4 Å². The topological polar surface area (TPSA) is 44.8 Å². The molecule has 0 N–H and O–H groups in total. The quantitative estimate of drug-likeness (QED) is 0.706. The molecule has 0 unspecified atom stereocenters. The van der Waals surface area contributed by atoms with Gasteiger partial charge in [-0.2, -0.15) is 0 Å². The number of hydrogen-bond acceptors (Lipinski definition) is 4. The van der Waals surface area contributed by atoms with Crippen molar-refractivity contribution in [1.29, 1.82) is 0 Å². The van der Waals surface area contributed by atoms with Gasteiger partial charge in [-0.25, -0.2) is 0 Å². The normalized spacial score (nSPS) is 16.9. The monoisotopic (exact) mass is 368 g/mol. The van der Waals surface area contributed by atoms with E-state index in [0.717, 1.165) is 45.4 Å². The van der Waals surface area contributed by atoms with E-state index < -0.39 is 5.79 Å². The third-order valence-electron chi connectivity index (χ3n) is 5.10. The maximum Gasteiger partial charge on any atom is 0.162 e. The van der Waals surface area contributed by atoms with Crippen LogP contribution in [-0.4, -0.2) is 31.9 Å². The summed E-state index contributed by atoms with van der Waals surface area (Å²) in [5.41, 5.74) is 6.26. The Hall–Kier alpha value is -2.17. The lowest BCUT2D eigenvalue weighted by molar-refractivity contribution is -0.264. The molecule has 0 saturated carbocycles. The van der Waals surface area contributed by atoms with Gasteiger partial charge in [0.25, 0.3) is 0 Å². The molecule has 144 valence electrons. The fraction of sp³-hybridized carbons (Fsp3) is 0.435. The molecule has 1 heterocycles. The van der Waals surface area contributed by atoms with Crippen LogP contribution in [0.5, 0.6) is 5.75 Å². The predicted octanol–water partition coefficient (Wildman–Crippen LogP) is 4.87. The van der Waals surface area contributed by atoms with Gasteiger partial charge in [0.15, 0.2) is 5.79 Å². The molecule has 1 fully saturated rings. The van der Waals surface area contributed by atoms with E-state index in [0.29, 0.717) is 19.8 Å². The molecule has 2 aromatic carbocycles. The van der Waals surface area contributed by atoms with E-state index in [-0.39, 0.29) is 5.92 Å². The second-order valence-corrected chi connectivity index (χ2v) is 7.77. The van der Waals surface area contributed by atoms with Gasteiger partial charge in [-0.3, -0.25) is 4.79 Å². The molecule has 0 aliphatic carbocycles. The highest BCUT2D eigenvalue weighted by molar-refractivity contribution is 5.84. The molecular formula is C23H28O4. The summed E-state index contributed by atoms with van der Waals surface area (Å²) in [4.78, 5) is 11.3. The fourth-order valence-corrected chi connectivity index (χ4v) is 3.52. The lowest BCUT2D eigenvalue weighted by atomic mass is 9.90. The van der Waals surface area contributed by atoms with Gasteiger partial charge in [0.1, 0.15) is 12.0 Å². The van der Waals surface area contributed by atoms with E-state index >= 15 is 0 Å². The summed E-state index contributed by atoms with van der Waals surface area (Å²) in [6.07, 6.45) is 0.913. The summed E-state index contributed by atoms with van der Waals surface area (Å²) in [5, 5.41) is 0. The molecule has 4 nitrogen and oxygen atoms in total. The number of ether oxygens (including phenoxy) is 3. The highest BCUT2D eigenvalue weighted by Gasteiger charge is 2.28. The first-order valence-electron chi connectivity index (χ1n) is 9.38. The van der Waals surface area contributed by atoms with Gasteiger partial charge in [0.05, 0.1) is 19.8 Å². The average molecular weight is 368 g/mol. The first-order chi connectivity index (χ1) is 12.8. The van der Waals surface area contributed by atoms with Crippen LogP contribution >= 0.6 is 0 Å². The minimum atomic E-state index is -0.501. The van der Waals surface area contributed by atoms with Gasteiger partial charge in [0.2, 0.25) is 0 Å². The van der Waals surface area contributed by atoms with Crippen molar-refractivity contribution < 1.29 is 19.0 Å². The van der Waals surface area contributed by atoms with Crippen molar-refractivity contribution in [3.05, 3.63) is 52.6 Å². The Labute approximate surface area is 161 Å². The average Bonchev–Trinajstić information content (AvgIpc) is 2.61. The number of hydrogen-bond donors (Lipinski definition) is 0. The van der Waals surface area contributed by atoms with Crippen LogP contribution in [0.4, 0.5) is 0 Å². The maximum absolute atomic E-state index is 11.3. The van der Waals surface area contributed by atoms with E-state index in [4.69, 9.17) is 14.2 Å². The van der Waals surface area contributed by atoms with Crippen molar-refractivity contribution in [3.8, 4) is 16.9 Å². The maximum atomic E-state index is 11.3. The number of carbonyl (C=O) groups is 1. The Balaban J connectivity index is 1.77. The highest BCUT2D eigenvalue weighted by Crippen LogP contribution is 2.34. The second kappa shape index (κ2) is 7.83. The van der Waals surface area contributed by atoms with Crippen molar-refractivity contribution in [2.75, 3.05) is 19.8 Å². The van der Waals surface area contributed by atoms with E-state index in [1.807, 2.05) is 32.9 Å². The Bertz CT molecular complexity index is 805. The molecule has 0 bridgehead atoms. The van der Waals surface area contributed by atoms with E-state index in [2.05, 4.69) is 32.0 Å². The number of carbonyl (C=O) groups excluding carboxylic acids is 1. The zero-order valence-electron chi connectivity index (χ0n) is 16.8. The summed E-state index contributed by atoms with van der Waals surface area (Å²) < 4.78 is 17.4. The van der Waals surface area contributed by atoms with Crippen LogP contribution in [0.25, 0.3) is 11.1 Å². The van der Waals surface area contributed by atoms with Crippen molar-refractivity contribution in [2.24, 2.45) is 5.92 Å². The van der Waals surface area contributed by atoms with E-state index in [1.165, 1.54) is 0 Å². The van der Waals surface area contributed by atoms with Gasteiger partial charge in [-0.1, -0.05) is 18.2 Å². The molecule has 1 aliphatic rings. The molecule has 4 heteroatoms. The van der Waals surface area contributed by atoms with Gasteiger partial charge in [0, 0.05) is 11.5 Å². The van der Waals surface area contributed by atoms with E-state index in [1.54, 1.807) is 0 Å². The Morgan fingerprint density at radius 3 is 2.33 bits per heavy atom. The highest BCUT2D eigenvalue weighted by atomic mass is 16.7. The first-order valence-corrected chi connectivity index (χ1v) is 9.38. The van der Waals surface area contributed by atoms with Gasteiger partial charge >= 0.3 is 0 Å². The molecule has 0 spiro atoms. The second-order valence-electron chi connectivity index (χ2n) is 7.77. The number of aryl methyl sites for hydroxylation is 2. The summed E-state index contributed by atoms with van der Waals surface area (Å²) in [7, 11) is 0. The Morgan fingerprint density at radius 1 is 1.11 bits per heavy atom. The van der Waals surface area contributed by atoms with Crippen LogP contribution in [0, 0.1) is 26.7 Å². The van der Waals surface area contributed by atoms with Crippen molar-refractivity contribution in [3.63, 3.8) is 0 Å². The molecule has 1 saturated heterocycles. The van der Waals surface area contributed by atoms with Crippen LogP contribution < -0.4 is 4.74 Å². The molecule has 1 aliphatic heterocycles. The van der Waals surface area contributed by atoms with Crippen LogP contribution in [-0.2, 0) is 9.47 Å². The largest absolute Gasteiger partial charge is 0.493 e. The molecular weight excluding hydrogens is 340 g/mol. The molecule has 0 aromatic heterocycles. The number of aldehydes is 1. The molecule has 0 amide bonds. The van der Waals surface area contributed by atoms with Crippen LogP contribution in [0.3, 0.4) is 0 Å². The van der Waals surface area contributed by atoms with Crippen LogP contribution in [0.15, 0.2) is 30.3 Å². The van der Waals surface area contributed by atoms with Crippen molar-refractivity contribution >= 4 is 6.29 Å². The lowest BCUT2D eigenvalue weighted by Crippen LogP contribution is -2.41. The SMILES string of the molecule is Cc1cc(OCC2COC(C)(C)OC2)cc(C)c1-c1cccc(C=O)c1C. The summed E-state index contributed by atoms with van der Waals surface area (Å²) in [5.74, 6) is 0.576. The summed E-state index contributed by atoms with van der Waals surface area (Å²) >= 11 is 0. The zero-order valence-corrected chi connectivity index (χ0v) is 16.8. The standard InChI is InChI=1S/C23H28O4/c1-15-9-20(25-12-18-13-26-23(4,5)27-14-18)10-16(2)22(15)21-8-6-7-19(11-24)17(21)3/h6-11,18H,12-14H2,1-5H3. The van der Waals surface area contributed by atoms with Crippen LogP contribution in [0.2, 0.25) is 0 Å². The van der Waals surface area contributed by atoms with Crippen molar-refractivity contribution in [1.82, 2.24) is 0 Å². The lowest BCUT2D eigenvalue weighted by Gasteiger charge is -2.34. The molecule has 0 radical (unpaired) electrons. The number of benzene rings is 2. The predicted molar refractivity (Wildman–Crippen MR) is 106 cm³/mol. The Morgan fingerprint density at radius 2 is 1.74 bits per heavy atom. The van der Waals surface area contributed by atoms with E-state index in [9.17, 15) is 4.79 Å². The minimum absolute atomic E-state index is 0.227. The minimum Gasteiger partial charge on any atom is -0.493 e.